The van der Waals surface area contributed by atoms with Gasteiger partial charge in [-0.2, -0.15) is 0 Å². The van der Waals surface area contributed by atoms with E-state index >= 15 is 0 Å². The van der Waals surface area contributed by atoms with Gasteiger partial charge in [0.25, 0.3) is 0 Å². The molecule has 0 saturated carbocycles. The summed E-state index contributed by atoms with van der Waals surface area (Å²) in [6, 6.07) is 3.86. The monoisotopic (exact) mass is 165 g/mol. The summed E-state index contributed by atoms with van der Waals surface area (Å²) >= 11 is 0. The standard InChI is InChI=1S/C8H11N3O/c1-11(10-12)7-4-8-2-5-9-6-3-8/h2-3,5-6H,4,7H2,1H3. The molecule has 1 aromatic heterocycles. The van der Waals surface area contributed by atoms with Crippen LogP contribution in [0.15, 0.2) is 29.8 Å². The van der Waals surface area contributed by atoms with Gasteiger partial charge in [-0.1, -0.05) is 0 Å². The summed E-state index contributed by atoms with van der Waals surface area (Å²) in [5.41, 5.74) is 1.17. The van der Waals surface area contributed by atoms with Crippen molar-refractivity contribution in [1.82, 2.24) is 9.99 Å². The van der Waals surface area contributed by atoms with Gasteiger partial charge < -0.3 is 0 Å². The van der Waals surface area contributed by atoms with Gasteiger partial charge in [-0.25, -0.2) is 0 Å². The molecule has 0 bridgehead atoms. The van der Waals surface area contributed by atoms with Crippen LogP contribution in [0.1, 0.15) is 5.56 Å². The summed E-state index contributed by atoms with van der Waals surface area (Å²) in [5.74, 6) is 0. The zero-order valence-corrected chi connectivity index (χ0v) is 6.97. The fourth-order valence-electron chi connectivity index (χ4n) is 0.881. The maximum atomic E-state index is 9.99. The van der Waals surface area contributed by atoms with Gasteiger partial charge in [0.15, 0.2) is 0 Å². The molecule has 1 rings (SSSR count). The molecule has 0 N–H and O–H groups in total. The van der Waals surface area contributed by atoms with Gasteiger partial charge in [-0.3, -0.25) is 9.99 Å². The Morgan fingerprint density at radius 1 is 1.50 bits per heavy atom. The van der Waals surface area contributed by atoms with E-state index in [2.05, 4.69) is 10.3 Å². The third-order valence-corrected chi connectivity index (χ3v) is 1.61. The van der Waals surface area contributed by atoms with Crippen LogP contribution in [0, 0.1) is 4.91 Å². The number of hydrogen-bond acceptors (Lipinski definition) is 3. The number of pyridine rings is 1. The van der Waals surface area contributed by atoms with Gasteiger partial charge in [0.05, 0.1) is 5.29 Å². The molecule has 0 radical (unpaired) electrons. The first kappa shape index (κ1) is 8.64. The number of rotatable bonds is 4. The van der Waals surface area contributed by atoms with Crippen molar-refractivity contribution in [3.05, 3.63) is 35.0 Å². The van der Waals surface area contributed by atoms with E-state index in [1.54, 1.807) is 19.4 Å². The van der Waals surface area contributed by atoms with Crippen molar-refractivity contribution >= 4 is 0 Å². The lowest BCUT2D eigenvalue weighted by atomic mass is 10.2. The van der Waals surface area contributed by atoms with E-state index in [1.165, 1.54) is 10.6 Å². The Hall–Kier alpha value is -1.45. The normalized spacial score (nSPS) is 9.42. The highest BCUT2D eigenvalue weighted by Crippen LogP contribution is 1.98. The highest BCUT2D eigenvalue weighted by Gasteiger charge is 1.95. The molecule has 0 fully saturated rings. The van der Waals surface area contributed by atoms with E-state index in [-0.39, 0.29) is 0 Å². The Kier molecular flexibility index (Phi) is 3.19. The molecule has 0 saturated heterocycles. The van der Waals surface area contributed by atoms with Gasteiger partial charge in [0, 0.05) is 26.0 Å². The predicted molar refractivity (Wildman–Crippen MR) is 46.4 cm³/mol. The molecule has 0 aliphatic carbocycles. The molecular weight excluding hydrogens is 154 g/mol. The van der Waals surface area contributed by atoms with Crippen molar-refractivity contribution < 1.29 is 0 Å². The molecule has 0 atom stereocenters. The smallest absolute Gasteiger partial charge is 0.0521 e. The Morgan fingerprint density at radius 3 is 2.75 bits per heavy atom. The Morgan fingerprint density at radius 2 is 2.17 bits per heavy atom. The maximum absolute atomic E-state index is 9.99. The van der Waals surface area contributed by atoms with Crippen LogP contribution in [-0.4, -0.2) is 23.6 Å². The van der Waals surface area contributed by atoms with Crippen molar-refractivity contribution in [3.63, 3.8) is 0 Å². The lowest BCUT2D eigenvalue weighted by Gasteiger charge is -2.07. The van der Waals surface area contributed by atoms with Gasteiger partial charge in [-0.15, -0.1) is 4.91 Å². The summed E-state index contributed by atoms with van der Waals surface area (Å²) in [6.07, 6.45) is 4.30. The van der Waals surface area contributed by atoms with Crippen LogP contribution >= 0.6 is 0 Å². The minimum atomic E-state index is 0.646. The first-order chi connectivity index (χ1) is 5.83. The van der Waals surface area contributed by atoms with Gasteiger partial charge in [0.1, 0.15) is 0 Å². The fraction of sp³-hybridized carbons (Fsp3) is 0.375. The van der Waals surface area contributed by atoms with E-state index in [0.29, 0.717) is 6.54 Å². The average molecular weight is 165 g/mol. The highest BCUT2D eigenvalue weighted by molar-refractivity contribution is 5.09. The summed E-state index contributed by atoms with van der Waals surface area (Å²) in [5, 5.41) is 4.15. The van der Waals surface area contributed by atoms with Crippen LogP contribution in [0.25, 0.3) is 0 Å². The quantitative estimate of drug-likeness (QED) is 0.498. The van der Waals surface area contributed by atoms with Crippen molar-refractivity contribution in [2.45, 2.75) is 6.42 Å². The lowest BCUT2D eigenvalue weighted by Crippen LogP contribution is -2.13. The third-order valence-electron chi connectivity index (χ3n) is 1.61. The summed E-state index contributed by atoms with van der Waals surface area (Å²) in [7, 11) is 1.66. The van der Waals surface area contributed by atoms with Crippen LogP contribution in [0.5, 0.6) is 0 Å². The Labute approximate surface area is 71.2 Å². The molecule has 0 unspecified atom stereocenters. The van der Waals surface area contributed by atoms with E-state index in [4.69, 9.17) is 0 Å². The predicted octanol–water partition coefficient (Wildman–Crippen LogP) is 1.24. The summed E-state index contributed by atoms with van der Waals surface area (Å²) < 4.78 is 0. The summed E-state index contributed by atoms with van der Waals surface area (Å²) in [4.78, 5) is 13.9. The average Bonchev–Trinajstić information content (AvgIpc) is 2.16. The number of likely N-dealkylation sites (N-methyl/N-ethyl adjacent to an activating group) is 1. The SMILES string of the molecule is CN(CCc1ccncc1)N=O. The van der Waals surface area contributed by atoms with E-state index in [9.17, 15) is 4.91 Å². The van der Waals surface area contributed by atoms with Crippen LogP contribution in [-0.2, 0) is 6.42 Å². The molecule has 1 heterocycles. The zero-order valence-electron chi connectivity index (χ0n) is 6.97. The van der Waals surface area contributed by atoms with Gasteiger partial charge >= 0.3 is 0 Å². The van der Waals surface area contributed by atoms with Crippen molar-refractivity contribution in [2.24, 2.45) is 5.29 Å². The maximum Gasteiger partial charge on any atom is 0.0521 e. The molecule has 4 nitrogen and oxygen atoms in total. The number of nitroso groups, excluding NO2 is 1. The second kappa shape index (κ2) is 4.43. The summed E-state index contributed by atoms with van der Waals surface area (Å²) in [6.45, 7) is 0.646. The van der Waals surface area contributed by atoms with Gasteiger partial charge in [-0.05, 0) is 24.1 Å². The van der Waals surface area contributed by atoms with Crippen LogP contribution in [0.4, 0.5) is 0 Å². The second-order valence-electron chi connectivity index (χ2n) is 2.57. The topological polar surface area (TPSA) is 45.6 Å². The first-order valence-corrected chi connectivity index (χ1v) is 3.76. The molecule has 0 spiro atoms. The van der Waals surface area contributed by atoms with Gasteiger partial charge in [0.2, 0.25) is 0 Å². The Bertz CT molecular complexity index is 237. The molecule has 64 valence electrons. The molecule has 0 amide bonds. The van der Waals surface area contributed by atoms with Crippen LogP contribution in [0.2, 0.25) is 0 Å². The van der Waals surface area contributed by atoms with Crippen LogP contribution < -0.4 is 0 Å². The number of nitrogens with zero attached hydrogens (tertiary/aromatic N) is 3. The van der Waals surface area contributed by atoms with Crippen LogP contribution in [0.3, 0.4) is 0 Å². The fourth-order valence-corrected chi connectivity index (χ4v) is 0.881. The molecule has 4 heteroatoms. The molecule has 0 aromatic carbocycles. The number of aromatic nitrogens is 1. The molecule has 1 aromatic rings. The van der Waals surface area contributed by atoms with E-state index in [0.717, 1.165) is 6.42 Å². The zero-order chi connectivity index (χ0) is 8.81. The van der Waals surface area contributed by atoms with Crippen molar-refractivity contribution in [1.29, 1.82) is 0 Å². The molecule has 12 heavy (non-hydrogen) atoms. The van der Waals surface area contributed by atoms with E-state index < -0.39 is 0 Å². The first-order valence-electron chi connectivity index (χ1n) is 3.76. The van der Waals surface area contributed by atoms with Crippen molar-refractivity contribution in [3.8, 4) is 0 Å². The molecule has 0 aliphatic heterocycles. The Balaban J connectivity index is 2.38. The molecular formula is C8H11N3O. The molecule has 0 aliphatic rings. The largest absolute Gasteiger partial charge is 0.265 e. The minimum Gasteiger partial charge on any atom is -0.265 e. The number of hydrogen-bond donors (Lipinski definition) is 0. The van der Waals surface area contributed by atoms with E-state index in [1.807, 2.05) is 12.1 Å². The highest BCUT2D eigenvalue weighted by atomic mass is 16.3. The second-order valence-corrected chi connectivity index (χ2v) is 2.57. The lowest BCUT2D eigenvalue weighted by molar-refractivity contribution is 0.354. The third kappa shape index (κ3) is 2.65. The van der Waals surface area contributed by atoms with Crippen molar-refractivity contribution in [2.75, 3.05) is 13.6 Å². The minimum absolute atomic E-state index is 0.646.